The number of hydroxylamine groups is 1. The molecule has 2 rings (SSSR count). The second-order valence-electron chi connectivity index (χ2n) is 3.46. The minimum atomic E-state index is 0.456. The number of carbonyl (C=O) groups is 1. The van der Waals surface area contributed by atoms with Crippen molar-refractivity contribution in [3.8, 4) is 5.69 Å². The minimum Gasteiger partial charge on any atom is -0.324 e. The lowest BCUT2D eigenvalue weighted by Crippen LogP contribution is -2.21. The van der Waals surface area contributed by atoms with Gasteiger partial charge < -0.3 is 4.57 Å². The van der Waals surface area contributed by atoms with Gasteiger partial charge in [-0.15, -0.1) is 0 Å². The summed E-state index contributed by atoms with van der Waals surface area (Å²) in [6.45, 7) is 2.29. The van der Waals surface area contributed by atoms with Gasteiger partial charge in [0.15, 0.2) is 0 Å². The van der Waals surface area contributed by atoms with Crippen LogP contribution in [0.4, 0.5) is 5.69 Å². The number of benzene rings is 1. The van der Waals surface area contributed by atoms with Crippen molar-refractivity contribution in [3.05, 3.63) is 48.8 Å². The molecule has 0 saturated carbocycles. The fraction of sp³-hybridized carbons (Fsp3) is 0.154. The number of hydrogen-bond acceptors (Lipinski definition) is 2. The zero-order chi connectivity index (χ0) is 12.1. The Morgan fingerprint density at radius 2 is 1.88 bits per heavy atom. The van der Waals surface area contributed by atoms with Crippen molar-refractivity contribution in [2.45, 2.75) is 6.92 Å². The van der Waals surface area contributed by atoms with E-state index in [1.54, 1.807) is 0 Å². The van der Waals surface area contributed by atoms with E-state index in [0.29, 0.717) is 13.0 Å². The molecule has 0 N–H and O–H groups in total. The maximum Gasteiger partial charge on any atom is 0.238 e. The molecular formula is C13H14N2O2. The third-order valence-corrected chi connectivity index (χ3v) is 2.37. The minimum absolute atomic E-state index is 0.456. The molecule has 0 radical (unpaired) electrons. The van der Waals surface area contributed by atoms with Gasteiger partial charge in [0.1, 0.15) is 0 Å². The Labute approximate surface area is 100.0 Å². The molecule has 0 unspecified atom stereocenters. The molecule has 4 nitrogen and oxygen atoms in total. The number of hydrogen-bond donors (Lipinski definition) is 0. The summed E-state index contributed by atoms with van der Waals surface area (Å²) in [5.41, 5.74) is 1.76. The van der Waals surface area contributed by atoms with Crippen LogP contribution in [-0.2, 0) is 9.63 Å². The predicted octanol–water partition coefficient (Wildman–Crippen LogP) is 2.39. The molecule has 4 heteroatoms. The molecule has 0 atom stereocenters. The van der Waals surface area contributed by atoms with Crippen molar-refractivity contribution >= 4 is 12.1 Å². The smallest absolute Gasteiger partial charge is 0.238 e. The molecule has 0 fully saturated rings. The van der Waals surface area contributed by atoms with Crippen LogP contribution in [0.25, 0.3) is 5.69 Å². The van der Waals surface area contributed by atoms with Gasteiger partial charge in [-0.1, -0.05) is 0 Å². The van der Waals surface area contributed by atoms with E-state index in [0.717, 1.165) is 11.4 Å². The van der Waals surface area contributed by atoms with E-state index in [-0.39, 0.29) is 0 Å². The Balaban J connectivity index is 2.20. The molecule has 0 saturated heterocycles. The third-order valence-electron chi connectivity index (χ3n) is 2.37. The largest absolute Gasteiger partial charge is 0.324 e. The van der Waals surface area contributed by atoms with Gasteiger partial charge in [-0.05, 0) is 43.3 Å². The van der Waals surface area contributed by atoms with Gasteiger partial charge in [0, 0.05) is 18.1 Å². The van der Waals surface area contributed by atoms with Crippen molar-refractivity contribution < 1.29 is 9.63 Å². The Bertz CT molecular complexity index is 463. The highest BCUT2D eigenvalue weighted by molar-refractivity contribution is 5.72. The van der Waals surface area contributed by atoms with Gasteiger partial charge >= 0.3 is 0 Å². The summed E-state index contributed by atoms with van der Waals surface area (Å²) in [7, 11) is 0. The van der Waals surface area contributed by atoms with Gasteiger partial charge in [0.05, 0.1) is 12.3 Å². The first-order chi connectivity index (χ1) is 8.35. The van der Waals surface area contributed by atoms with Crippen LogP contribution in [0.2, 0.25) is 0 Å². The molecule has 17 heavy (non-hydrogen) atoms. The van der Waals surface area contributed by atoms with Crippen LogP contribution in [0.3, 0.4) is 0 Å². The van der Waals surface area contributed by atoms with Crippen molar-refractivity contribution in [2.75, 3.05) is 11.7 Å². The van der Waals surface area contributed by atoms with Crippen LogP contribution >= 0.6 is 0 Å². The van der Waals surface area contributed by atoms with Crippen molar-refractivity contribution in [1.29, 1.82) is 0 Å². The number of aromatic nitrogens is 1. The van der Waals surface area contributed by atoms with Crippen molar-refractivity contribution in [3.63, 3.8) is 0 Å². The summed E-state index contributed by atoms with van der Waals surface area (Å²) in [4.78, 5) is 16.0. The Morgan fingerprint density at radius 1 is 1.24 bits per heavy atom. The molecule has 88 valence electrons. The summed E-state index contributed by atoms with van der Waals surface area (Å²) in [5, 5.41) is 1.22. The number of anilines is 1. The van der Waals surface area contributed by atoms with Crippen LogP contribution in [0.5, 0.6) is 0 Å². The molecule has 1 aromatic heterocycles. The summed E-state index contributed by atoms with van der Waals surface area (Å²) in [6, 6.07) is 11.5. The fourth-order valence-electron chi connectivity index (χ4n) is 1.58. The molecule has 0 spiro atoms. The molecule has 1 amide bonds. The summed E-state index contributed by atoms with van der Waals surface area (Å²) < 4.78 is 2.00. The van der Waals surface area contributed by atoms with E-state index in [9.17, 15) is 4.79 Å². The second-order valence-corrected chi connectivity index (χ2v) is 3.46. The molecule has 0 aliphatic rings. The van der Waals surface area contributed by atoms with Gasteiger partial charge in [-0.25, -0.2) is 0 Å². The van der Waals surface area contributed by atoms with Gasteiger partial charge in [0.2, 0.25) is 6.41 Å². The van der Waals surface area contributed by atoms with E-state index in [2.05, 4.69) is 0 Å². The molecule has 0 aliphatic heterocycles. The fourth-order valence-corrected chi connectivity index (χ4v) is 1.58. The zero-order valence-corrected chi connectivity index (χ0v) is 9.61. The SMILES string of the molecule is CCON(C=O)c1ccc(-n2cccc2)cc1. The van der Waals surface area contributed by atoms with Crippen LogP contribution in [0.15, 0.2) is 48.8 Å². The van der Waals surface area contributed by atoms with Crippen LogP contribution in [0.1, 0.15) is 6.92 Å². The highest BCUT2D eigenvalue weighted by atomic mass is 16.7. The first kappa shape index (κ1) is 11.4. The number of nitrogens with zero attached hydrogens (tertiary/aromatic N) is 2. The number of amides is 1. The van der Waals surface area contributed by atoms with Crippen molar-refractivity contribution in [2.24, 2.45) is 0 Å². The van der Waals surface area contributed by atoms with E-state index < -0.39 is 0 Å². The van der Waals surface area contributed by atoms with Gasteiger partial charge in [-0.3, -0.25) is 9.63 Å². The van der Waals surface area contributed by atoms with Crippen LogP contribution in [0, 0.1) is 0 Å². The van der Waals surface area contributed by atoms with E-state index >= 15 is 0 Å². The summed E-state index contributed by atoms with van der Waals surface area (Å²) in [5.74, 6) is 0. The lowest BCUT2D eigenvalue weighted by Gasteiger charge is -2.16. The maximum absolute atomic E-state index is 10.8. The van der Waals surface area contributed by atoms with Gasteiger partial charge in [-0.2, -0.15) is 5.06 Å². The van der Waals surface area contributed by atoms with Gasteiger partial charge in [0.25, 0.3) is 0 Å². The Morgan fingerprint density at radius 3 is 2.41 bits per heavy atom. The lowest BCUT2D eigenvalue weighted by molar-refractivity contribution is -0.113. The standard InChI is InChI=1S/C13H14N2O2/c1-2-17-15(11-16)13-7-5-12(6-8-13)14-9-3-4-10-14/h3-11H,2H2,1H3. The van der Waals surface area contributed by atoms with Crippen molar-refractivity contribution in [1.82, 2.24) is 4.57 Å². The molecule has 1 aromatic carbocycles. The maximum atomic E-state index is 10.8. The summed E-state index contributed by atoms with van der Waals surface area (Å²) >= 11 is 0. The molecular weight excluding hydrogens is 216 g/mol. The first-order valence-corrected chi connectivity index (χ1v) is 5.46. The average Bonchev–Trinajstić information content (AvgIpc) is 2.90. The quantitative estimate of drug-likeness (QED) is 0.584. The van der Waals surface area contributed by atoms with Crippen LogP contribution in [-0.4, -0.2) is 17.6 Å². The molecule has 0 aliphatic carbocycles. The van der Waals surface area contributed by atoms with Crippen LogP contribution < -0.4 is 5.06 Å². The normalized spacial score (nSPS) is 10.2. The predicted molar refractivity (Wildman–Crippen MR) is 65.9 cm³/mol. The highest BCUT2D eigenvalue weighted by Crippen LogP contribution is 2.16. The Hall–Kier alpha value is -2.07. The average molecular weight is 230 g/mol. The van der Waals surface area contributed by atoms with E-state index in [1.165, 1.54) is 5.06 Å². The topological polar surface area (TPSA) is 34.5 Å². The molecule has 1 heterocycles. The number of carbonyl (C=O) groups excluding carboxylic acids is 1. The van der Waals surface area contributed by atoms with E-state index in [1.807, 2.05) is 60.3 Å². The molecule has 2 aromatic rings. The lowest BCUT2D eigenvalue weighted by atomic mass is 10.3. The van der Waals surface area contributed by atoms with E-state index in [4.69, 9.17) is 4.84 Å². The monoisotopic (exact) mass is 230 g/mol. The Kier molecular flexibility index (Phi) is 3.57. The first-order valence-electron chi connectivity index (χ1n) is 5.46. The second kappa shape index (κ2) is 5.32. The highest BCUT2D eigenvalue weighted by Gasteiger charge is 2.04. The summed E-state index contributed by atoms with van der Waals surface area (Å²) in [6.07, 6.45) is 4.60. The zero-order valence-electron chi connectivity index (χ0n) is 9.61. The third kappa shape index (κ3) is 2.54. The number of rotatable bonds is 5. The molecule has 0 bridgehead atoms.